The van der Waals surface area contributed by atoms with Crippen LogP contribution in [0.5, 0.6) is 5.75 Å². The Hall–Kier alpha value is -1.07. The van der Waals surface area contributed by atoms with E-state index in [0.29, 0.717) is 15.9 Å². The van der Waals surface area contributed by atoms with E-state index in [0.717, 1.165) is 0 Å². The lowest BCUT2D eigenvalue weighted by atomic mass is 10.1. The van der Waals surface area contributed by atoms with Crippen LogP contribution in [0.15, 0.2) is 27.7 Å². The minimum atomic E-state index is -0.748. The van der Waals surface area contributed by atoms with Gasteiger partial charge in [0.25, 0.3) is 0 Å². The van der Waals surface area contributed by atoms with Crippen molar-refractivity contribution in [2.45, 2.75) is 13.0 Å². The van der Waals surface area contributed by atoms with Gasteiger partial charge in [0.2, 0.25) is 0 Å². The number of hydrogen-bond donors (Lipinski definition) is 3. The molecule has 0 bridgehead atoms. The molecule has 1 aromatic carbocycles. The highest BCUT2D eigenvalue weighted by molar-refractivity contribution is 9.10. The Morgan fingerprint density at radius 1 is 1.60 bits per heavy atom. The van der Waals surface area contributed by atoms with E-state index in [1.54, 1.807) is 19.1 Å². The third-order valence-electron chi connectivity index (χ3n) is 1.87. The van der Waals surface area contributed by atoms with Crippen molar-refractivity contribution in [3.05, 3.63) is 28.2 Å². The molecule has 4 N–H and O–H groups in total. The zero-order valence-electron chi connectivity index (χ0n) is 8.31. The van der Waals surface area contributed by atoms with Gasteiger partial charge in [-0.25, -0.2) is 0 Å². The number of nitrogens with zero attached hydrogens (tertiary/aromatic N) is 1. The third-order valence-corrected chi connectivity index (χ3v) is 2.54. The van der Waals surface area contributed by atoms with Crippen molar-refractivity contribution >= 4 is 21.8 Å². The van der Waals surface area contributed by atoms with E-state index in [2.05, 4.69) is 20.9 Å². The van der Waals surface area contributed by atoms with E-state index < -0.39 is 6.10 Å². The fourth-order valence-electron chi connectivity index (χ4n) is 1.07. The summed E-state index contributed by atoms with van der Waals surface area (Å²) in [6.45, 7) is 1.86. The molecule has 82 valence electrons. The van der Waals surface area contributed by atoms with Gasteiger partial charge in [0, 0.05) is 0 Å². The van der Waals surface area contributed by atoms with Gasteiger partial charge in [-0.2, -0.15) is 0 Å². The molecular weight excluding hydrogens is 256 g/mol. The summed E-state index contributed by atoms with van der Waals surface area (Å²) in [6.07, 6.45) is -0.748. The van der Waals surface area contributed by atoms with E-state index in [1.807, 2.05) is 0 Å². The number of phenolic OH excluding ortho intramolecular Hbond substituents is 1. The first-order valence-electron chi connectivity index (χ1n) is 4.43. The molecule has 0 radical (unpaired) electrons. The maximum absolute atomic E-state index is 9.70. The summed E-state index contributed by atoms with van der Waals surface area (Å²) in [6, 6.07) is 4.89. The molecule has 0 aliphatic rings. The number of benzene rings is 1. The molecule has 1 aromatic rings. The van der Waals surface area contributed by atoms with Crippen LogP contribution in [0.3, 0.4) is 0 Å². The molecule has 1 atom stereocenters. The second kappa shape index (κ2) is 5.14. The van der Waals surface area contributed by atoms with Crippen molar-refractivity contribution in [3.63, 3.8) is 0 Å². The second-order valence-electron chi connectivity index (χ2n) is 3.21. The Bertz CT molecular complexity index is 376. The Labute approximate surface area is 96.6 Å². The summed E-state index contributed by atoms with van der Waals surface area (Å²) >= 11 is 3.16. The van der Waals surface area contributed by atoms with Gasteiger partial charge in [-0.3, -0.25) is 4.99 Å². The van der Waals surface area contributed by atoms with Crippen molar-refractivity contribution in [1.29, 1.82) is 0 Å². The van der Waals surface area contributed by atoms with E-state index >= 15 is 0 Å². The number of rotatable bonds is 3. The lowest BCUT2D eigenvalue weighted by Crippen LogP contribution is -2.09. The molecule has 0 spiro atoms. The number of aliphatic hydroxyl groups is 1. The van der Waals surface area contributed by atoms with Crippen LogP contribution < -0.4 is 5.73 Å². The van der Waals surface area contributed by atoms with Crippen molar-refractivity contribution in [1.82, 2.24) is 0 Å². The molecule has 0 aliphatic heterocycles. The molecule has 5 heteroatoms. The standard InChI is InChI=1S/C10H13BrN2O2/c1-6(12)13-5-10(15)7-2-3-8(11)9(14)4-7/h2-4,10,14-15H,5H2,1H3,(H2,12,13)/t10-/m0/s1/i11-4. The van der Waals surface area contributed by atoms with Gasteiger partial charge in [-0.15, -0.1) is 0 Å². The predicted octanol–water partition coefficient (Wildman–Crippen LogP) is 1.57. The molecule has 1 rings (SSSR count). The van der Waals surface area contributed by atoms with Crippen LogP contribution in [-0.2, 0) is 0 Å². The topological polar surface area (TPSA) is 78.8 Å². The van der Waals surface area contributed by atoms with Gasteiger partial charge >= 0.3 is 0 Å². The first-order valence-corrected chi connectivity index (χ1v) is 5.23. The third kappa shape index (κ3) is 3.53. The Morgan fingerprint density at radius 2 is 2.27 bits per heavy atom. The van der Waals surface area contributed by atoms with Crippen LogP contribution >= 0.6 is 15.9 Å². The molecule has 4 nitrogen and oxygen atoms in total. The predicted molar refractivity (Wildman–Crippen MR) is 62.9 cm³/mol. The summed E-state index contributed by atoms with van der Waals surface area (Å²) in [5.41, 5.74) is 5.97. The van der Waals surface area contributed by atoms with Crippen molar-refractivity contribution in [3.8, 4) is 5.75 Å². The Morgan fingerprint density at radius 3 is 2.80 bits per heavy atom. The number of aromatic hydroxyl groups is 1. The van der Waals surface area contributed by atoms with Gasteiger partial charge in [-0.1, -0.05) is 6.07 Å². The molecular formula is C10H13BrN2O2. The highest BCUT2D eigenvalue weighted by Crippen LogP contribution is 2.27. The second-order valence-corrected chi connectivity index (χ2v) is 4.06. The fraction of sp³-hybridized carbons (Fsp3) is 0.300. The summed E-state index contributed by atoms with van der Waals surface area (Å²) in [4.78, 5) is 3.90. The van der Waals surface area contributed by atoms with Gasteiger partial charge in [0.05, 0.1) is 23.0 Å². The number of aliphatic hydroxyl groups excluding tert-OH is 1. The van der Waals surface area contributed by atoms with Gasteiger partial charge in [0.15, 0.2) is 0 Å². The molecule has 15 heavy (non-hydrogen) atoms. The van der Waals surface area contributed by atoms with Crippen LogP contribution in [0.1, 0.15) is 18.6 Å². The minimum Gasteiger partial charge on any atom is -0.507 e. The van der Waals surface area contributed by atoms with Crippen molar-refractivity contribution in [2.24, 2.45) is 10.7 Å². The average Bonchev–Trinajstić information content (AvgIpc) is 2.18. The molecule has 0 heterocycles. The fourth-order valence-corrected chi connectivity index (χ4v) is 1.32. The SMILES string of the molecule is CC(N)=NC[C@H](O)c1ccc([76Br])c(O)c1. The largest absolute Gasteiger partial charge is 0.507 e. The van der Waals surface area contributed by atoms with Crippen molar-refractivity contribution < 1.29 is 10.2 Å². The zero-order valence-corrected chi connectivity index (χ0v) is 9.90. The summed E-state index contributed by atoms with van der Waals surface area (Å²) in [7, 11) is 0. The monoisotopic (exact) mass is 269 g/mol. The molecule has 0 aliphatic carbocycles. The normalized spacial score (nSPS) is 13.9. The highest BCUT2D eigenvalue weighted by Gasteiger charge is 2.08. The van der Waals surface area contributed by atoms with Crippen LogP contribution in [0.25, 0.3) is 0 Å². The molecule has 0 saturated carbocycles. The molecule has 0 saturated heterocycles. The number of amidine groups is 1. The lowest BCUT2D eigenvalue weighted by molar-refractivity contribution is 0.187. The Kier molecular flexibility index (Phi) is 4.11. The number of halogens is 1. The highest BCUT2D eigenvalue weighted by atomic mass is 75.9. The van der Waals surface area contributed by atoms with Crippen molar-refractivity contribution in [2.75, 3.05) is 6.54 Å². The smallest absolute Gasteiger partial charge is 0.130 e. The van der Waals surface area contributed by atoms with Crippen LogP contribution in [-0.4, -0.2) is 22.6 Å². The van der Waals surface area contributed by atoms with Crippen LogP contribution in [0.2, 0.25) is 0 Å². The van der Waals surface area contributed by atoms with E-state index in [9.17, 15) is 10.2 Å². The van der Waals surface area contributed by atoms with Gasteiger partial charge < -0.3 is 15.9 Å². The number of phenols is 1. The minimum absolute atomic E-state index is 0.0972. The summed E-state index contributed by atoms with van der Waals surface area (Å²) in [5.74, 6) is 0.524. The maximum Gasteiger partial charge on any atom is 0.130 e. The maximum atomic E-state index is 9.70. The first-order chi connectivity index (χ1) is 7.00. The van der Waals surface area contributed by atoms with E-state index in [1.165, 1.54) is 6.07 Å². The number of hydrogen-bond acceptors (Lipinski definition) is 3. The molecule has 0 aromatic heterocycles. The van der Waals surface area contributed by atoms with E-state index in [4.69, 9.17) is 5.73 Å². The summed E-state index contributed by atoms with van der Waals surface area (Å²) < 4.78 is 0.594. The summed E-state index contributed by atoms with van der Waals surface area (Å²) in [5, 5.41) is 19.1. The molecule has 0 amide bonds. The molecule has 0 unspecified atom stereocenters. The van der Waals surface area contributed by atoms with Gasteiger partial charge in [-0.05, 0) is 40.5 Å². The lowest BCUT2D eigenvalue weighted by Gasteiger charge is -2.09. The van der Waals surface area contributed by atoms with Gasteiger partial charge in [0.1, 0.15) is 5.75 Å². The Balaban J connectivity index is 2.78. The van der Waals surface area contributed by atoms with E-state index in [-0.39, 0.29) is 12.3 Å². The zero-order chi connectivity index (χ0) is 11.4. The number of nitrogens with two attached hydrogens (primary N) is 1. The molecule has 0 fully saturated rings. The van der Waals surface area contributed by atoms with Crippen LogP contribution in [0.4, 0.5) is 0 Å². The number of aliphatic imine (C=N–C) groups is 1. The quantitative estimate of drug-likeness (QED) is 0.575. The average molecular weight is 269 g/mol. The first kappa shape index (κ1) is 12.0. The van der Waals surface area contributed by atoms with Crippen LogP contribution in [0, 0.1) is 0 Å².